The number of anilines is 1. The van der Waals surface area contributed by atoms with Crippen LogP contribution in [0, 0.1) is 15.9 Å². The van der Waals surface area contributed by atoms with E-state index in [1.54, 1.807) is 0 Å². The maximum Gasteiger partial charge on any atom is 0.0795 e. The first-order chi connectivity index (χ1) is 6.04. The Balaban J connectivity index is 2.48. The van der Waals surface area contributed by atoms with Crippen LogP contribution in [0.2, 0.25) is 0 Å². The Labute approximate surface area is 89.3 Å². The molecule has 0 amide bonds. The van der Waals surface area contributed by atoms with E-state index in [1.807, 2.05) is 21.0 Å². The second-order valence-corrected chi connectivity index (χ2v) is 4.20. The van der Waals surface area contributed by atoms with Crippen LogP contribution < -0.4 is 5.32 Å². The van der Waals surface area contributed by atoms with Crippen LogP contribution in [-0.4, -0.2) is 32.1 Å². The summed E-state index contributed by atoms with van der Waals surface area (Å²) < 4.78 is 1.67. The SMILES string of the molecule is Cc1c(NCCN(C)C)c(=S)c1=S. The lowest BCUT2D eigenvalue weighted by atomic mass is 10.1. The molecule has 1 aromatic carbocycles. The molecule has 0 atom stereocenters. The Morgan fingerprint density at radius 3 is 2.31 bits per heavy atom. The zero-order valence-corrected chi connectivity index (χ0v) is 9.81. The van der Waals surface area contributed by atoms with E-state index in [2.05, 4.69) is 10.2 Å². The molecule has 13 heavy (non-hydrogen) atoms. The highest BCUT2D eigenvalue weighted by atomic mass is 32.1. The highest BCUT2D eigenvalue weighted by Gasteiger charge is 2.08. The third kappa shape index (κ3) is 2.33. The van der Waals surface area contributed by atoms with E-state index in [9.17, 15) is 0 Å². The van der Waals surface area contributed by atoms with Crippen molar-refractivity contribution in [3.8, 4) is 0 Å². The van der Waals surface area contributed by atoms with Crippen LogP contribution in [0.25, 0.3) is 0 Å². The van der Waals surface area contributed by atoms with Gasteiger partial charge in [-0.3, -0.25) is 0 Å². The summed E-state index contributed by atoms with van der Waals surface area (Å²) in [7, 11) is 4.10. The monoisotopic (exact) mass is 214 g/mol. The van der Waals surface area contributed by atoms with Crippen molar-refractivity contribution in [2.75, 3.05) is 32.5 Å². The van der Waals surface area contributed by atoms with Crippen molar-refractivity contribution < 1.29 is 0 Å². The summed E-state index contributed by atoms with van der Waals surface area (Å²) in [4.78, 5) is 2.13. The number of rotatable bonds is 4. The average molecular weight is 214 g/mol. The first kappa shape index (κ1) is 10.8. The van der Waals surface area contributed by atoms with E-state index in [1.165, 1.54) is 0 Å². The number of nitrogens with zero attached hydrogens (tertiary/aromatic N) is 1. The molecule has 0 bridgehead atoms. The average Bonchev–Trinajstić information content (AvgIpc) is 2.10. The fourth-order valence-corrected chi connectivity index (χ4v) is 1.71. The third-order valence-corrected chi connectivity index (χ3v) is 3.06. The molecule has 0 spiro atoms. The molecular formula is C9H14N2S2. The van der Waals surface area contributed by atoms with Crippen LogP contribution in [0.1, 0.15) is 5.56 Å². The van der Waals surface area contributed by atoms with Crippen molar-refractivity contribution in [3.05, 3.63) is 14.6 Å². The van der Waals surface area contributed by atoms with Crippen LogP contribution in [0.4, 0.5) is 5.69 Å². The molecule has 2 nitrogen and oxygen atoms in total. The van der Waals surface area contributed by atoms with Gasteiger partial charge < -0.3 is 10.2 Å². The molecule has 0 aromatic heterocycles. The largest absolute Gasteiger partial charge is 0.382 e. The molecular weight excluding hydrogens is 200 g/mol. The minimum Gasteiger partial charge on any atom is -0.382 e. The quantitative estimate of drug-likeness (QED) is 0.773. The molecule has 0 unspecified atom stereocenters. The van der Waals surface area contributed by atoms with Gasteiger partial charge in [-0.15, -0.1) is 0 Å². The highest BCUT2D eigenvalue weighted by molar-refractivity contribution is 7.74. The molecule has 1 N–H and O–H groups in total. The summed E-state index contributed by atoms with van der Waals surface area (Å²) >= 11 is 10.2. The van der Waals surface area contributed by atoms with Crippen molar-refractivity contribution in [1.82, 2.24) is 4.90 Å². The molecule has 1 aromatic rings. The van der Waals surface area contributed by atoms with Crippen LogP contribution >= 0.6 is 24.4 Å². The molecule has 0 heterocycles. The number of hydrogen-bond donors (Lipinski definition) is 1. The van der Waals surface area contributed by atoms with Crippen LogP contribution in [0.15, 0.2) is 0 Å². The van der Waals surface area contributed by atoms with Crippen molar-refractivity contribution in [2.24, 2.45) is 0 Å². The summed E-state index contributed by atoms with van der Waals surface area (Å²) in [6.45, 7) is 3.94. The molecule has 0 radical (unpaired) electrons. The van der Waals surface area contributed by atoms with E-state index < -0.39 is 0 Å². The Hall–Kier alpha value is -0.320. The maximum atomic E-state index is 5.11. The second kappa shape index (κ2) is 4.26. The van der Waals surface area contributed by atoms with Gasteiger partial charge in [-0.05, 0) is 26.6 Å². The summed E-state index contributed by atoms with van der Waals surface area (Å²) in [6, 6.07) is 0. The molecule has 0 fully saturated rings. The van der Waals surface area contributed by atoms with Gasteiger partial charge in [0.05, 0.1) is 14.7 Å². The normalized spacial score (nSPS) is 11.1. The van der Waals surface area contributed by atoms with E-state index in [4.69, 9.17) is 24.4 Å². The first-order valence-electron chi connectivity index (χ1n) is 4.22. The zero-order chi connectivity index (χ0) is 10.0. The number of hydrogen-bond acceptors (Lipinski definition) is 4. The molecule has 0 aliphatic heterocycles. The molecule has 4 heteroatoms. The van der Waals surface area contributed by atoms with Crippen molar-refractivity contribution in [2.45, 2.75) is 6.92 Å². The Morgan fingerprint density at radius 1 is 1.23 bits per heavy atom. The topological polar surface area (TPSA) is 15.3 Å². The van der Waals surface area contributed by atoms with Gasteiger partial charge in [-0.25, -0.2) is 0 Å². The number of nitrogens with one attached hydrogen (secondary N) is 1. The van der Waals surface area contributed by atoms with Gasteiger partial charge in [0.1, 0.15) is 0 Å². The summed E-state index contributed by atoms with van der Waals surface area (Å²) in [5.74, 6) is 0. The first-order valence-corrected chi connectivity index (χ1v) is 5.04. The predicted molar refractivity (Wildman–Crippen MR) is 62.3 cm³/mol. The van der Waals surface area contributed by atoms with Crippen LogP contribution in [0.5, 0.6) is 0 Å². The fourth-order valence-electron chi connectivity index (χ4n) is 1.12. The lowest BCUT2D eigenvalue weighted by Gasteiger charge is -2.15. The van der Waals surface area contributed by atoms with E-state index in [0.717, 1.165) is 33.4 Å². The van der Waals surface area contributed by atoms with Crippen LogP contribution in [-0.2, 0) is 0 Å². The van der Waals surface area contributed by atoms with Gasteiger partial charge in [0.25, 0.3) is 0 Å². The van der Waals surface area contributed by atoms with E-state index in [0.29, 0.717) is 0 Å². The smallest absolute Gasteiger partial charge is 0.0795 e. The fraction of sp³-hybridized carbons (Fsp3) is 0.556. The van der Waals surface area contributed by atoms with Gasteiger partial charge in [0.2, 0.25) is 0 Å². The number of likely N-dealkylation sites (N-methyl/N-ethyl adjacent to an activating group) is 1. The van der Waals surface area contributed by atoms with Crippen molar-refractivity contribution in [1.29, 1.82) is 0 Å². The van der Waals surface area contributed by atoms with Gasteiger partial charge in [-0.1, -0.05) is 24.4 Å². The maximum absolute atomic E-state index is 5.11. The van der Waals surface area contributed by atoms with E-state index in [-0.39, 0.29) is 0 Å². The molecule has 0 saturated carbocycles. The Kier molecular flexibility index (Phi) is 3.53. The summed E-state index contributed by atoms with van der Waals surface area (Å²) in [5, 5.41) is 3.29. The minimum absolute atomic E-state index is 0.825. The lowest BCUT2D eigenvalue weighted by molar-refractivity contribution is 0.425. The Bertz CT molecular complexity index is 361. The molecule has 0 aliphatic carbocycles. The molecule has 72 valence electrons. The van der Waals surface area contributed by atoms with Gasteiger partial charge in [-0.2, -0.15) is 0 Å². The second-order valence-electron chi connectivity index (χ2n) is 3.39. The molecule has 1 rings (SSSR count). The van der Waals surface area contributed by atoms with Crippen molar-refractivity contribution >= 4 is 30.1 Å². The predicted octanol–water partition coefficient (Wildman–Crippen LogP) is 2.30. The minimum atomic E-state index is 0.825. The molecule has 0 saturated heterocycles. The van der Waals surface area contributed by atoms with Crippen LogP contribution in [0.3, 0.4) is 0 Å². The summed E-state index contributed by atoms with van der Waals surface area (Å²) in [5.41, 5.74) is 2.21. The highest BCUT2D eigenvalue weighted by Crippen LogP contribution is 2.24. The van der Waals surface area contributed by atoms with Gasteiger partial charge in [0, 0.05) is 13.1 Å². The van der Waals surface area contributed by atoms with E-state index >= 15 is 0 Å². The third-order valence-electron chi connectivity index (χ3n) is 2.01. The lowest BCUT2D eigenvalue weighted by Crippen LogP contribution is -2.21. The summed E-state index contributed by atoms with van der Waals surface area (Å²) in [6.07, 6.45) is 0. The van der Waals surface area contributed by atoms with Gasteiger partial charge >= 0.3 is 0 Å². The standard InChI is InChI=1S/C9H14N2S2/c1-6-7(9(13)8(6)12)10-4-5-11(2)3/h10H,4-5H2,1-3H3. The Morgan fingerprint density at radius 2 is 1.85 bits per heavy atom. The molecule has 0 aliphatic rings. The zero-order valence-electron chi connectivity index (χ0n) is 8.18. The van der Waals surface area contributed by atoms with Crippen molar-refractivity contribution in [3.63, 3.8) is 0 Å². The van der Waals surface area contributed by atoms with Gasteiger partial charge in [0.15, 0.2) is 0 Å².